The van der Waals surface area contributed by atoms with Gasteiger partial charge in [-0.05, 0) is 57.0 Å². The lowest BCUT2D eigenvalue weighted by Crippen LogP contribution is -2.31. The monoisotopic (exact) mass is 457 g/mol. The number of ether oxygens (including phenoxy) is 2. The summed E-state index contributed by atoms with van der Waals surface area (Å²) in [7, 11) is 0. The van der Waals surface area contributed by atoms with Gasteiger partial charge in [-0.25, -0.2) is 4.98 Å². The minimum atomic E-state index is -0.765. The van der Waals surface area contributed by atoms with E-state index in [2.05, 4.69) is 22.2 Å². The first-order valence-corrected chi connectivity index (χ1v) is 11.3. The summed E-state index contributed by atoms with van der Waals surface area (Å²) in [6.07, 6.45) is 1.24. The van der Waals surface area contributed by atoms with Crippen LogP contribution in [0.2, 0.25) is 0 Å². The van der Waals surface area contributed by atoms with Gasteiger partial charge in [-0.2, -0.15) is 0 Å². The van der Waals surface area contributed by atoms with Crippen molar-refractivity contribution < 1.29 is 19.1 Å². The molecule has 1 aromatic carbocycles. The maximum Gasteiger partial charge on any atom is 0.326 e. The van der Waals surface area contributed by atoms with Gasteiger partial charge < -0.3 is 19.8 Å². The Labute approximate surface area is 190 Å². The van der Waals surface area contributed by atoms with Gasteiger partial charge in [0.1, 0.15) is 17.1 Å². The number of aromatic amines is 1. The molecule has 32 heavy (non-hydrogen) atoms. The number of thiophene rings is 1. The second kappa shape index (κ2) is 10.4. The molecule has 0 radical (unpaired) electrons. The highest BCUT2D eigenvalue weighted by atomic mass is 32.1. The number of nitrogens with one attached hydrogen (secondary N) is 2. The molecular weight excluding hydrogens is 430 g/mol. The Balaban J connectivity index is 1.54. The Morgan fingerprint density at radius 2 is 1.94 bits per heavy atom. The number of carbonyl (C=O) groups is 2. The van der Waals surface area contributed by atoms with E-state index in [0.717, 1.165) is 23.3 Å². The van der Waals surface area contributed by atoms with E-state index in [-0.39, 0.29) is 17.9 Å². The number of carbonyl (C=O) groups excluding carboxylic acids is 2. The third-order valence-corrected chi connectivity index (χ3v) is 6.13. The van der Waals surface area contributed by atoms with Crippen molar-refractivity contribution in [3.05, 3.63) is 56.4 Å². The SMILES string of the molecule is CCCCOc1ccc(C(=O)NCC(=O)OC(C)c2nc3sc(C)c(C)c3c(=O)[nH]2)cc1. The van der Waals surface area contributed by atoms with Crippen LogP contribution in [0.25, 0.3) is 10.2 Å². The lowest BCUT2D eigenvalue weighted by molar-refractivity contribution is -0.147. The summed E-state index contributed by atoms with van der Waals surface area (Å²) in [6, 6.07) is 6.72. The van der Waals surface area contributed by atoms with Gasteiger partial charge in [-0.3, -0.25) is 14.4 Å². The summed E-state index contributed by atoms with van der Waals surface area (Å²) in [5.74, 6) is -0.0706. The second-order valence-electron chi connectivity index (χ2n) is 7.46. The number of H-pyrrole nitrogens is 1. The average Bonchev–Trinajstić information content (AvgIpc) is 3.06. The molecule has 0 aliphatic rings. The molecule has 0 aliphatic carbocycles. The molecule has 1 atom stereocenters. The number of hydrogen-bond donors (Lipinski definition) is 2. The summed E-state index contributed by atoms with van der Waals surface area (Å²) in [5.41, 5.74) is 1.05. The maximum absolute atomic E-state index is 12.4. The minimum Gasteiger partial charge on any atom is -0.494 e. The molecule has 2 heterocycles. The molecule has 1 amide bonds. The van der Waals surface area contributed by atoms with Crippen molar-refractivity contribution in [1.82, 2.24) is 15.3 Å². The van der Waals surface area contributed by atoms with E-state index in [1.807, 2.05) is 13.8 Å². The number of hydrogen-bond acceptors (Lipinski definition) is 7. The number of unbranched alkanes of at least 4 members (excludes halogenated alkanes) is 1. The summed E-state index contributed by atoms with van der Waals surface area (Å²) < 4.78 is 10.9. The van der Waals surface area contributed by atoms with Crippen LogP contribution in [0.1, 0.15) is 59.4 Å². The third kappa shape index (κ3) is 5.53. The minimum absolute atomic E-state index is 0.259. The van der Waals surface area contributed by atoms with Gasteiger partial charge in [-0.1, -0.05) is 13.3 Å². The van der Waals surface area contributed by atoms with E-state index < -0.39 is 18.0 Å². The molecule has 0 spiro atoms. The normalized spacial score (nSPS) is 11.9. The van der Waals surface area contributed by atoms with Crippen LogP contribution in [0.15, 0.2) is 29.1 Å². The van der Waals surface area contributed by atoms with E-state index in [4.69, 9.17) is 9.47 Å². The molecule has 3 aromatic rings. The predicted molar refractivity (Wildman–Crippen MR) is 123 cm³/mol. The highest BCUT2D eigenvalue weighted by molar-refractivity contribution is 7.18. The van der Waals surface area contributed by atoms with Crippen LogP contribution in [-0.4, -0.2) is 35.0 Å². The Kier molecular flexibility index (Phi) is 7.63. The van der Waals surface area contributed by atoms with Gasteiger partial charge in [0, 0.05) is 10.4 Å². The van der Waals surface area contributed by atoms with Crippen molar-refractivity contribution in [2.24, 2.45) is 0 Å². The quantitative estimate of drug-likeness (QED) is 0.373. The van der Waals surface area contributed by atoms with Gasteiger partial charge in [0.15, 0.2) is 11.9 Å². The zero-order valence-electron chi connectivity index (χ0n) is 18.6. The lowest BCUT2D eigenvalue weighted by atomic mass is 10.2. The number of esters is 1. The number of aryl methyl sites for hydroxylation is 2. The van der Waals surface area contributed by atoms with Gasteiger partial charge in [0.2, 0.25) is 0 Å². The average molecular weight is 458 g/mol. The Hall–Kier alpha value is -3.20. The van der Waals surface area contributed by atoms with Crippen molar-refractivity contribution in [3.63, 3.8) is 0 Å². The molecule has 2 aromatic heterocycles. The Bertz CT molecular complexity index is 1170. The second-order valence-corrected chi connectivity index (χ2v) is 8.66. The third-order valence-electron chi connectivity index (χ3n) is 5.03. The molecule has 1 unspecified atom stereocenters. The highest BCUT2D eigenvalue weighted by Gasteiger charge is 2.18. The number of amides is 1. The predicted octanol–water partition coefficient (Wildman–Crippen LogP) is 3.81. The van der Waals surface area contributed by atoms with E-state index in [1.165, 1.54) is 11.3 Å². The zero-order chi connectivity index (χ0) is 23.3. The molecule has 3 rings (SSSR count). The van der Waals surface area contributed by atoms with Crippen molar-refractivity contribution in [2.45, 2.75) is 46.6 Å². The first-order chi connectivity index (χ1) is 15.3. The van der Waals surface area contributed by atoms with E-state index >= 15 is 0 Å². The van der Waals surface area contributed by atoms with Crippen LogP contribution in [0.4, 0.5) is 0 Å². The molecule has 0 bridgehead atoms. The van der Waals surface area contributed by atoms with Gasteiger partial charge in [-0.15, -0.1) is 11.3 Å². The Morgan fingerprint density at radius 3 is 2.62 bits per heavy atom. The van der Waals surface area contributed by atoms with Crippen LogP contribution < -0.4 is 15.6 Å². The molecule has 0 fully saturated rings. The number of benzene rings is 1. The van der Waals surface area contributed by atoms with Gasteiger partial charge in [0.25, 0.3) is 11.5 Å². The smallest absolute Gasteiger partial charge is 0.326 e. The molecule has 0 saturated carbocycles. The standard InChI is InChI=1S/C23H27N3O5S/c1-5-6-11-30-17-9-7-16(8-10-17)21(28)24-12-18(27)31-14(3)20-25-22(29)19-13(2)15(4)32-23(19)26-20/h7-10,14H,5-6,11-12H2,1-4H3,(H,24,28)(H,25,26,29). The van der Waals surface area contributed by atoms with Gasteiger partial charge in [0.05, 0.1) is 12.0 Å². The van der Waals surface area contributed by atoms with Crippen molar-refractivity contribution in [2.75, 3.05) is 13.2 Å². The van der Waals surface area contributed by atoms with E-state index in [9.17, 15) is 14.4 Å². The first-order valence-electron chi connectivity index (χ1n) is 10.5. The lowest BCUT2D eigenvalue weighted by Gasteiger charge is -2.13. The molecule has 8 nitrogen and oxygen atoms in total. The van der Waals surface area contributed by atoms with E-state index in [0.29, 0.717) is 28.1 Å². The molecular formula is C23H27N3O5S. The van der Waals surface area contributed by atoms with Crippen molar-refractivity contribution in [3.8, 4) is 5.75 Å². The highest BCUT2D eigenvalue weighted by Crippen LogP contribution is 2.26. The van der Waals surface area contributed by atoms with E-state index in [1.54, 1.807) is 31.2 Å². The van der Waals surface area contributed by atoms with Crippen molar-refractivity contribution in [1.29, 1.82) is 0 Å². The summed E-state index contributed by atoms with van der Waals surface area (Å²) in [5, 5.41) is 3.09. The van der Waals surface area contributed by atoms with Crippen LogP contribution >= 0.6 is 11.3 Å². The fraction of sp³-hybridized carbons (Fsp3) is 0.391. The molecule has 170 valence electrons. The number of fused-ring (bicyclic) bond motifs is 1. The zero-order valence-corrected chi connectivity index (χ0v) is 19.4. The summed E-state index contributed by atoms with van der Waals surface area (Å²) >= 11 is 1.42. The first kappa shape index (κ1) is 23.5. The maximum atomic E-state index is 12.4. The molecule has 0 aliphatic heterocycles. The van der Waals surface area contributed by atoms with Crippen LogP contribution in [0.3, 0.4) is 0 Å². The number of aromatic nitrogens is 2. The Morgan fingerprint density at radius 1 is 1.22 bits per heavy atom. The van der Waals surface area contributed by atoms with Crippen LogP contribution in [0.5, 0.6) is 5.75 Å². The summed E-state index contributed by atoms with van der Waals surface area (Å²) in [4.78, 5) is 45.6. The van der Waals surface area contributed by atoms with Crippen LogP contribution in [-0.2, 0) is 9.53 Å². The molecule has 9 heteroatoms. The van der Waals surface area contributed by atoms with Gasteiger partial charge >= 0.3 is 5.97 Å². The number of rotatable bonds is 9. The molecule has 0 saturated heterocycles. The summed E-state index contributed by atoms with van der Waals surface area (Å²) in [6.45, 7) is 7.84. The van der Waals surface area contributed by atoms with Crippen LogP contribution in [0, 0.1) is 13.8 Å². The largest absolute Gasteiger partial charge is 0.494 e. The molecule has 2 N–H and O–H groups in total. The van der Waals surface area contributed by atoms with Crippen molar-refractivity contribution >= 4 is 33.4 Å². The number of nitrogens with zero attached hydrogens (tertiary/aromatic N) is 1. The topological polar surface area (TPSA) is 110 Å². The fourth-order valence-electron chi connectivity index (χ4n) is 3.05. The fourth-order valence-corrected chi connectivity index (χ4v) is 4.09.